The first-order valence-electron chi connectivity index (χ1n) is 3.84. The van der Waals surface area contributed by atoms with Crippen LogP contribution in [0.5, 0.6) is 0 Å². The second-order valence-electron chi connectivity index (χ2n) is 2.85. The monoisotopic (exact) mass is 205 g/mol. The first-order valence-corrected chi connectivity index (χ1v) is 5.11. The van der Waals surface area contributed by atoms with Crippen molar-refractivity contribution in [2.75, 3.05) is 0 Å². The maximum absolute atomic E-state index is 8.83. The van der Waals surface area contributed by atoms with Crippen molar-refractivity contribution in [3.8, 4) is 6.07 Å². The van der Waals surface area contributed by atoms with E-state index in [1.54, 1.807) is 0 Å². The summed E-state index contributed by atoms with van der Waals surface area (Å²) < 4.78 is 1.16. The highest BCUT2D eigenvalue weighted by atomic mass is 32.1. The van der Waals surface area contributed by atoms with Crippen molar-refractivity contribution in [1.82, 2.24) is 0 Å². The molecule has 2 rings (SSSR count). The number of fused-ring (bicyclic) bond motifs is 1. The second-order valence-corrected chi connectivity index (χ2v) is 4.42. The van der Waals surface area contributed by atoms with Crippen molar-refractivity contribution < 1.29 is 0 Å². The Labute approximate surface area is 86.0 Å². The maximum Gasteiger partial charge on any atom is 0.110 e. The molecule has 1 aromatic carbocycles. The van der Waals surface area contributed by atoms with Crippen LogP contribution in [0.25, 0.3) is 10.1 Å². The Kier molecular flexibility index (Phi) is 2.03. The van der Waals surface area contributed by atoms with Crippen LogP contribution < -0.4 is 0 Å². The molecule has 64 valence electrons. The molecule has 0 amide bonds. The second kappa shape index (κ2) is 3.06. The van der Waals surface area contributed by atoms with E-state index in [1.165, 1.54) is 11.3 Å². The average molecular weight is 205 g/mol. The standard InChI is InChI=1S/C10H7NS2/c1-6-8-4-7(12)2-3-9(8)13-10(6)5-11/h2-4,12H,1H3. The van der Waals surface area contributed by atoms with Crippen LogP contribution in [0.1, 0.15) is 10.4 Å². The summed E-state index contributed by atoms with van der Waals surface area (Å²) in [5.41, 5.74) is 1.07. The van der Waals surface area contributed by atoms with Gasteiger partial charge in [-0.1, -0.05) is 0 Å². The lowest BCUT2D eigenvalue weighted by Gasteiger charge is -1.92. The van der Waals surface area contributed by atoms with Gasteiger partial charge in [0.05, 0.1) is 0 Å². The number of hydrogen-bond donors (Lipinski definition) is 1. The van der Waals surface area contributed by atoms with Gasteiger partial charge in [0.1, 0.15) is 10.9 Å². The normalized spacial score (nSPS) is 10.2. The van der Waals surface area contributed by atoms with E-state index < -0.39 is 0 Å². The molecule has 13 heavy (non-hydrogen) atoms. The molecule has 3 heteroatoms. The predicted molar refractivity (Wildman–Crippen MR) is 58.5 cm³/mol. The average Bonchev–Trinajstić information content (AvgIpc) is 2.44. The van der Waals surface area contributed by atoms with Gasteiger partial charge in [0.2, 0.25) is 0 Å². The summed E-state index contributed by atoms with van der Waals surface area (Å²) >= 11 is 5.81. The number of hydrogen-bond acceptors (Lipinski definition) is 3. The van der Waals surface area contributed by atoms with E-state index in [0.717, 1.165) is 25.4 Å². The van der Waals surface area contributed by atoms with Crippen molar-refractivity contribution in [2.24, 2.45) is 0 Å². The van der Waals surface area contributed by atoms with Gasteiger partial charge in [-0.05, 0) is 36.1 Å². The molecule has 0 aliphatic heterocycles. The van der Waals surface area contributed by atoms with Crippen molar-refractivity contribution >= 4 is 34.1 Å². The Morgan fingerprint density at radius 3 is 2.92 bits per heavy atom. The predicted octanol–water partition coefficient (Wildman–Crippen LogP) is 3.37. The summed E-state index contributed by atoms with van der Waals surface area (Å²) in [4.78, 5) is 1.74. The molecule has 1 heterocycles. The highest BCUT2D eigenvalue weighted by Gasteiger charge is 2.06. The summed E-state index contributed by atoms with van der Waals surface area (Å²) in [6, 6.07) is 8.16. The molecule has 1 aromatic heterocycles. The van der Waals surface area contributed by atoms with E-state index in [-0.39, 0.29) is 0 Å². The zero-order valence-corrected chi connectivity index (χ0v) is 8.75. The summed E-state index contributed by atoms with van der Waals surface area (Å²) in [5.74, 6) is 0. The fourth-order valence-electron chi connectivity index (χ4n) is 1.32. The fourth-order valence-corrected chi connectivity index (χ4v) is 2.51. The Morgan fingerprint density at radius 1 is 1.46 bits per heavy atom. The van der Waals surface area contributed by atoms with Gasteiger partial charge < -0.3 is 0 Å². The molecule has 0 aliphatic rings. The van der Waals surface area contributed by atoms with Gasteiger partial charge in [-0.25, -0.2) is 0 Å². The van der Waals surface area contributed by atoms with Crippen molar-refractivity contribution in [3.63, 3.8) is 0 Å². The van der Waals surface area contributed by atoms with Crippen LogP contribution in [0.3, 0.4) is 0 Å². The van der Waals surface area contributed by atoms with Gasteiger partial charge in [0.15, 0.2) is 0 Å². The van der Waals surface area contributed by atoms with E-state index in [0.29, 0.717) is 0 Å². The third-order valence-corrected chi connectivity index (χ3v) is 3.48. The van der Waals surface area contributed by atoms with Crippen LogP contribution in [-0.2, 0) is 0 Å². The van der Waals surface area contributed by atoms with Crippen LogP contribution in [0.4, 0.5) is 0 Å². The fraction of sp³-hybridized carbons (Fsp3) is 0.100. The topological polar surface area (TPSA) is 23.8 Å². The SMILES string of the molecule is Cc1c(C#N)sc2ccc(S)cc12. The van der Waals surface area contributed by atoms with E-state index in [2.05, 4.69) is 18.7 Å². The molecule has 0 unspecified atom stereocenters. The number of thiophene rings is 1. The molecule has 0 radical (unpaired) electrons. The molecule has 2 aromatic rings. The van der Waals surface area contributed by atoms with Gasteiger partial charge in [-0.2, -0.15) is 5.26 Å². The van der Waals surface area contributed by atoms with Crippen molar-refractivity contribution in [3.05, 3.63) is 28.6 Å². The number of aryl methyl sites for hydroxylation is 1. The van der Waals surface area contributed by atoms with E-state index in [9.17, 15) is 0 Å². The lowest BCUT2D eigenvalue weighted by Crippen LogP contribution is -1.71. The highest BCUT2D eigenvalue weighted by Crippen LogP contribution is 2.31. The van der Waals surface area contributed by atoms with Crippen molar-refractivity contribution in [2.45, 2.75) is 11.8 Å². The number of rotatable bonds is 0. The van der Waals surface area contributed by atoms with Gasteiger partial charge in [-0.15, -0.1) is 24.0 Å². The molecular weight excluding hydrogens is 198 g/mol. The number of nitriles is 1. The molecule has 1 nitrogen and oxygen atoms in total. The summed E-state index contributed by atoms with van der Waals surface area (Å²) in [6.07, 6.45) is 0. The first-order chi connectivity index (χ1) is 6.22. The smallest absolute Gasteiger partial charge is 0.110 e. The molecule has 0 bridgehead atoms. The quantitative estimate of drug-likeness (QED) is 0.655. The molecule has 0 spiro atoms. The molecule has 0 fully saturated rings. The van der Waals surface area contributed by atoms with Crippen LogP contribution in [-0.4, -0.2) is 0 Å². The Balaban J connectivity index is 2.87. The molecule has 0 aliphatic carbocycles. The third kappa shape index (κ3) is 1.32. The maximum atomic E-state index is 8.83. The Hall–Kier alpha value is -0.980. The van der Waals surface area contributed by atoms with E-state index >= 15 is 0 Å². The van der Waals surface area contributed by atoms with Gasteiger partial charge in [0.25, 0.3) is 0 Å². The lowest BCUT2D eigenvalue weighted by atomic mass is 10.1. The third-order valence-electron chi connectivity index (χ3n) is 2.02. The molecule has 0 N–H and O–H groups in total. The minimum Gasteiger partial charge on any atom is -0.192 e. The summed E-state index contributed by atoms with van der Waals surface area (Å²) in [7, 11) is 0. The van der Waals surface area contributed by atoms with Crippen molar-refractivity contribution in [1.29, 1.82) is 5.26 Å². The number of benzene rings is 1. The Morgan fingerprint density at radius 2 is 2.23 bits per heavy atom. The van der Waals surface area contributed by atoms with Crippen LogP contribution in [0.15, 0.2) is 23.1 Å². The van der Waals surface area contributed by atoms with Gasteiger partial charge >= 0.3 is 0 Å². The minimum absolute atomic E-state index is 0.800. The highest BCUT2D eigenvalue weighted by molar-refractivity contribution is 7.80. The molecule has 0 saturated carbocycles. The molecule has 0 atom stereocenters. The number of thiol groups is 1. The van der Waals surface area contributed by atoms with E-state index in [4.69, 9.17) is 5.26 Å². The molecular formula is C10H7NS2. The zero-order valence-electron chi connectivity index (χ0n) is 7.03. The number of nitrogens with zero attached hydrogens (tertiary/aromatic N) is 1. The summed E-state index contributed by atoms with van der Waals surface area (Å²) in [5, 5.41) is 9.98. The van der Waals surface area contributed by atoms with Crippen LogP contribution >= 0.6 is 24.0 Å². The van der Waals surface area contributed by atoms with Gasteiger partial charge in [-0.3, -0.25) is 0 Å². The first kappa shape index (κ1) is 8.61. The largest absolute Gasteiger partial charge is 0.192 e. The van der Waals surface area contributed by atoms with Crippen LogP contribution in [0.2, 0.25) is 0 Å². The zero-order chi connectivity index (χ0) is 9.42. The van der Waals surface area contributed by atoms with E-state index in [1.807, 2.05) is 25.1 Å². The molecule has 0 saturated heterocycles. The Bertz CT molecular complexity index is 505. The minimum atomic E-state index is 0.800. The van der Waals surface area contributed by atoms with Gasteiger partial charge in [0, 0.05) is 9.60 Å². The summed E-state index contributed by atoms with van der Waals surface area (Å²) in [6.45, 7) is 1.98. The lowest BCUT2D eigenvalue weighted by molar-refractivity contribution is 1.47. The van der Waals surface area contributed by atoms with Crippen LogP contribution in [0, 0.1) is 18.3 Å².